The van der Waals surface area contributed by atoms with Crippen molar-refractivity contribution in [1.29, 1.82) is 0 Å². The summed E-state index contributed by atoms with van der Waals surface area (Å²) in [7, 11) is 0. The lowest BCUT2D eigenvalue weighted by Gasteiger charge is -2.19. The van der Waals surface area contributed by atoms with Crippen molar-refractivity contribution >= 4 is 0 Å². The van der Waals surface area contributed by atoms with Gasteiger partial charge in [0.2, 0.25) is 5.82 Å². The van der Waals surface area contributed by atoms with Crippen LogP contribution in [0.15, 0.2) is 23.8 Å². The molecule has 0 N–H and O–H groups in total. The van der Waals surface area contributed by atoms with E-state index >= 15 is 0 Å². The molecule has 18 heavy (non-hydrogen) atoms. The van der Waals surface area contributed by atoms with Crippen LogP contribution in [-0.4, -0.2) is 19.3 Å². The molecule has 1 aromatic carbocycles. The average molecular weight is 254 g/mol. The van der Waals surface area contributed by atoms with E-state index in [0.29, 0.717) is 6.61 Å². The van der Waals surface area contributed by atoms with Crippen molar-refractivity contribution in [1.82, 2.24) is 0 Å². The molecule has 2 rings (SSSR count). The number of aryl methyl sites for hydroxylation is 1. The maximum atomic E-state index is 13.5. The molecule has 0 saturated carbocycles. The summed E-state index contributed by atoms with van der Waals surface area (Å²) in [5, 5.41) is 0. The minimum Gasteiger partial charge on any atom is -0.486 e. The first kappa shape index (κ1) is 13.0. The fourth-order valence-corrected chi connectivity index (χ4v) is 1.72. The molecule has 0 spiro atoms. The summed E-state index contributed by atoms with van der Waals surface area (Å²) < 4.78 is 37.6. The molecule has 2 nitrogen and oxygen atoms in total. The maximum absolute atomic E-state index is 13.5. The Labute approximate surface area is 105 Å². The highest BCUT2D eigenvalue weighted by atomic mass is 19.2. The minimum atomic E-state index is -0.930. The van der Waals surface area contributed by atoms with Gasteiger partial charge in [-0.25, -0.2) is 4.39 Å². The van der Waals surface area contributed by atoms with Crippen molar-refractivity contribution < 1.29 is 18.3 Å². The molecular weight excluding hydrogens is 238 g/mol. The van der Waals surface area contributed by atoms with E-state index in [4.69, 9.17) is 9.47 Å². The quantitative estimate of drug-likeness (QED) is 0.770. The highest BCUT2D eigenvalue weighted by Gasteiger charge is 2.14. The third kappa shape index (κ3) is 2.88. The average Bonchev–Trinajstić information content (AvgIpc) is 2.37. The molecule has 98 valence electrons. The molecule has 1 aromatic rings. The Morgan fingerprint density at radius 3 is 2.78 bits per heavy atom. The van der Waals surface area contributed by atoms with Crippen molar-refractivity contribution in [3.63, 3.8) is 0 Å². The minimum absolute atomic E-state index is 0.0578. The standard InChI is InChI=1S/C14H16F2O2/c1-9-3-6-12(14(16)13(9)15)18-8-11-5-4-10(2)17-7-11/h3,5-6,10H,4,7-8H2,1-2H3. The molecule has 0 saturated heterocycles. The van der Waals surface area contributed by atoms with E-state index in [2.05, 4.69) is 0 Å². The van der Waals surface area contributed by atoms with E-state index in [9.17, 15) is 8.78 Å². The molecule has 0 aliphatic carbocycles. The highest BCUT2D eigenvalue weighted by Crippen LogP contribution is 2.23. The Bertz CT molecular complexity index is 469. The molecule has 0 amide bonds. The molecule has 1 atom stereocenters. The zero-order chi connectivity index (χ0) is 13.1. The summed E-state index contributed by atoms with van der Waals surface area (Å²) >= 11 is 0. The number of ether oxygens (including phenoxy) is 2. The van der Waals surface area contributed by atoms with Gasteiger partial charge in [0.25, 0.3) is 0 Å². The van der Waals surface area contributed by atoms with Crippen LogP contribution in [0.1, 0.15) is 18.9 Å². The number of rotatable bonds is 3. The lowest BCUT2D eigenvalue weighted by molar-refractivity contribution is 0.0703. The van der Waals surface area contributed by atoms with Gasteiger partial charge in [0.15, 0.2) is 11.6 Å². The Balaban J connectivity index is 2.01. The van der Waals surface area contributed by atoms with E-state index < -0.39 is 11.6 Å². The fourth-order valence-electron chi connectivity index (χ4n) is 1.72. The van der Waals surface area contributed by atoms with Gasteiger partial charge >= 0.3 is 0 Å². The number of benzene rings is 1. The third-order valence-corrected chi connectivity index (χ3v) is 2.94. The third-order valence-electron chi connectivity index (χ3n) is 2.94. The first-order valence-electron chi connectivity index (χ1n) is 5.95. The molecule has 0 bridgehead atoms. The second kappa shape index (κ2) is 5.48. The zero-order valence-electron chi connectivity index (χ0n) is 10.5. The van der Waals surface area contributed by atoms with Gasteiger partial charge in [-0.05, 0) is 37.5 Å². The van der Waals surface area contributed by atoms with Crippen molar-refractivity contribution in [2.75, 3.05) is 13.2 Å². The molecule has 1 aliphatic rings. The van der Waals surface area contributed by atoms with Crippen molar-refractivity contribution in [3.05, 3.63) is 41.0 Å². The molecule has 1 aliphatic heterocycles. The molecule has 1 unspecified atom stereocenters. The number of halogens is 2. The van der Waals surface area contributed by atoms with E-state index in [1.54, 1.807) is 0 Å². The van der Waals surface area contributed by atoms with Crippen molar-refractivity contribution in [3.8, 4) is 5.75 Å². The Kier molecular flexibility index (Phi) is 3.97. The largest absolute Gasteiger partial charge is 0.486 e. The fraction of sp³-hybridized carbons (Fsp3) is 0.429. The van der Waals surface area contributed by atoms with Crippen LogP contribution in [0.4, 0.5) is 8.78 Å². The van der Waals surface area contributed by atoms with Gasteiger partial charge in [-0.1, -0.05) is 12.1 Å². The zero-order valence-corrected chi connectivity index (χ0v) is 10.5. The smallest absolute Gasteiger partial charge is 0.200 e. The molecule has 0 fully saturated rings. The highest BCUT2D eigenvalue weighted by molar-refractivity contribution is 5.30. The van der Waals surface area contributed by atoms with Crippen LogP contribution in [0.5, 0.6) is 5.75 Å². The summed E-state index contributed by atoms with van der Waals surface area (Å²) in [5.74, 6) is -1.84. The SMILES string of the molecule is Cc1ccc(OCC2=CCC(C)OC2)c(F)c1F. The second-order valence-electron chi connectivity index (χ2n) is 4.52. The van der Waals surface area contributed by atoms with E-state index in [-0.39, 0.29) is 24.0 Å². The Morgan fingerprint density at radius 1 is 1.33 bits per heavy atom. The van der Waals surface area contributed by atoms with Crippen LogP contribution < -0.4 is 4.74 Å². The predicted molar refractivity (Wildman–Crippen MR) is 64.7 cm³/mol. The first-order chi connectivity index (χ1) is 8.58. The van der Waals surface area contributed by atoms with Crippen LogP contribution in [-0.2, 0) is 4.74 Å². The second-order valence-corrected chi connectivity index (χ2v) is 4.52. The first-order valence-corrected chi connectivity index (χ1v) is 5.95. The lowest BCUT2D eigenvalue weighted by atomic mass is 10.1. The van der Waals surface area contributed by atoms with E-state index in [1.807, 2.05) is 13.0 Å². The van der Waals surface area contributed by atoms with Crippen molar-refractivity contribution in [2.45, 2.75) is 26.4 Å². The summed E-state index contributed by atoms with van der Waals surface area (Å²) in [5.41, 5.74) is 1.22. The summed E-state index contributed by atoms with van der Waals surface area (Å²) in [6.45, 7) is 4.22. The molecule has 0 aromatic heterocycles. The molecular formula is C14H16F2O2. The number of hydrogen-bond donors (Lipinski definition) is 0. The molecule has 1 heterocycles. The lowest BCUT2D eigenvalue weighted by Crippen LogP contribution is -2.18. The maximum Gasteiger partial charge on any atom is 0.200 e. The van der Waals surface area contributed by atoms with Crippen LogP contribution in [0.3, 0.4) is 0 Å². The van der Waals surface area contributed by atoms with Gasteiger partial charge in [-0.3, -0.25) is 0 Å². The van der Waals surface area contributed by atoms with Crippen LogP contribution in [0, 0.1) is 18.6 Å². The van der Waals surface area contributed by atoms with E-state index in [1.165, 1.54) is 19.1 Å². The number of hydrogen-bond acceptors (Lipinski definition) is 2. The monoisotopic (exact) mass is 254 g/mol. The Hall–Kier alpha value is -1.42. The normalized spacial score (nSPS) is 19.6. The van der Waals surface area contributed by atoms with Gasteiger partial charge in [0.05, 0.1) is 12.7 Å². The summed E-state index contributed by atoms with van der Waals surface area (Å²) in [6.07, 6.45) is 3.06. The van der Waals surface area contributed by atoms with Gasteiger partial charge in [-0.2, -0.15) is 4.39 Å². The van der Waals surface area contributed by atoms with Crippen LogP contribution >= 0.6 is 0 Å². The van der Waals surface area contributed by atoms with Crippen LogP contribution in [0.2, 0.25) is 0 Å². The van der Waals surface area contributed by atoms with Gasteiger partial charge in [-0.15, -0.1) is 0 Å². The van der Waals surface area contributed by atoms with E-state index in [0.717, 1.165) is 12.0 Å². The molecule has 4 heteroatoms. The summed E-state index contributed by atoms with van der Waals surface area (Å²) in [4.78, 5) is 0. The summed E-state index contributed by atoms with van der Waals surface area (Å²) in [6, 6.07) is 2.95. The van der Waals surface area contributed by atoms with Gasteiger partial charge in [0, 0.05) is 0 Å². The van der Waals surface area contributed by atoms with Gasteiger partial charge < -0.3 is 9.47 Å². The Morgan fingerprint density at radius 2 is 2.11 bits per heavy atom. The predicted octanol–water partition coefficient (Wildman–Crippen LogP) is 3.39. The topological polar surface area (TPSA) is 18.5 Å². The van der Waals surface area contributed by atoms with Gasteiger partial charge in [0.1, 0.15) is 6.61 Å². The van der Waals surface area contributed by atoms with Crippen LogP contribution in [0.25, 0.3) is 0 Å². The molecule has 0 radical (unpaired) electrons. The van der Waals surface area contributed by atoms with Crippen molar-refractivity contribution in [2.24, 2.45) is 0 Å².